The SMILES string of the molecule is CC(C)c1ccccc1NC(=O)C1CC(N)C1. The lowest BCUT2D eigenvalue weighted by atomic mass is 9.80. The maximum atomic E-state index is 11.9. The summed E-state index contributed by atoms with van der Waals surface area (Å²) in [6, 6.07) is 8.20. The summed E-state index contributed by atoms with van der Waals surface area (Å²) in [6.45, 7) is 4.26. The normalized spacial score (nSPS) is 23.3. The molecule has 0 aromatic heterocycles. The highest BCUT2D eigenvalue weighted by Crippen LogP contribution is 2.29. The lowest BCUT2D eigenvalue weighted by Crippen LogP contribution is -2.42. The van der Waals surface area contributed by atoms with Gasteiger partial charge in [0.05, 0.1) is 0 Å². The zero-order chi connectivity index (χ0) is 12.4. The molecule has 3 N–H and O–H groups in total. The molecule has 0 bridgehead atoms. The Bertz CT molecular complexity index is 408. The zero-order valence-corrected chi connectivity index (χ0v) is 10.4. The number of nitrogens with one attached hydrogen (secondary N) is 1. The fourth-order valence-electron chi connectivity index (χ4n) is 2.23. The van der Waals surface area contributed by atoms with Crippen LogP contribution < -0.4 is 11.1 Å². The number of benzene rings is 1. The quantitative estimate of drug-likeness (QED) is 0.841. The molecular formula is C14H20N2O. The molecule has 17 heavy (non-hydrogen) atoms. The summed E-state index contributed by atoms with van der Waals surface area (Å²) in [7, 11) is 0. The van der Waals surface area contributed by atoms with Gasteiger partial charge in [-0.1, -0.05) is 32.0 Å². The van der Waals surface area contributed by atoms with E-state index in [0.717, 1.165) is 18.5 Å². The van der Waals surface area contributed by atoms with Gasteiger partial charge in [0.2, 0.25) is 5.91 Å². The predicted octanol–water partition coefficient (Wildman–Crippen LogP) is 2.49. The van der Waals surface area contributed by atoms with Crippen LogP contribution in [0.4, 0.5) is 5.69 Å². The van der Waals surface area contributed by atoms with Crippen molar-refractivity contribution < 1.29 is 4.79 Å². The number of nitrogens with two attached hydrogens (primary N) is 1. The lowest BCUT2D eigenvalue weighted by Gasteiger charge is -2.31. The van der Waals surface area contributed by atoms with Crippen LogP contribution in [0.5, 0.6) is 0 Å². The average molecular weight is 232 g/mol. The van der Waals surface area contributed by atoms with E-state index in [-0.39, 0.29) is 17.9 Å². The Morgan fingerprint density at radius 2 is 2.00 bits per heavy atom. The smallest absolute Gasteiger partial charge is 0.227 e. The van der Waals surface area contributed by atoms with Gasteiger partial charge in [0.1, 0.15) is 0 Å². The van der Waals surface area contributed by atoms with Gasteiger partial charge in [0.25, 0.3) is 0 Å². The van der Waals surface area contributed by atoms with Crippen molar-refractivity contribution in [1.82, 2.24) is 0 Å². The topological polar surface area (TPSA) is 55.1 Å². The van der Waals surface area contributed by atoms with Crippen LogP contribution in [0, 0.1) is 5.92 Å². The van der Waals surface area contributed by atoms with Crippen molar-refractivity contribution in [3.8, 4) is 0 Å². The lowest BCUT2D eigenvalue weighted by molar-refractivity contribution is -0.122. The molecule has 0 radical (unpaired) electrons. The highest BCUT2D eigenvalue weighted by Gasteiger charge is 2.32. The Balaban J connectivity index is 2.05. The molecular weight excluding hydrogens is 212 g/mol. The number of carbonyl (C=O) groups is 1. The average Bonchev–Trinajstić information content (AvgIpc) is 2.25. The van der Waals surface area contributed by atoms with E-state index >= 15 is 0 Å². The molecule has 1 fully saturated rings. The second kappa shape index (κ2) is 4.88. The van der Waals surface area contributed by atoms with Crippen LogP contribution in [-0.4, -0.2) is 11.9 Å². The largest absolute Gasteiger partial charge is 0.328 e. The first kappa shape index (κ1) is 12.1. The van der Waals surface area contributed by atoms with Crippen LogP contribution in [0.25, 0.3) is 0 Å². The Hall–Kier alpha value is -1.35. The van der Waals surface area contributed by atoms with Crippen molar-refractivity contribution in [3.63, 3.8) is 0 Å². The van der Waals surface area contributed by atoms with E-state index in [0.29, 0.717) is 5.92 Å². The number of anilines is 1. The van der Waals surface area contributed by atoms with Crippen molar-refractivity contribution in [3.05, 3.63) is 29.8 Å². The summed E-state index contributed by atoms with van der Waals surface area (Å²) in [4.78, 5) is 11.9. The Morgan fingerprint density at radius 3 is 2.59 bits per heavy atom. The molecule has 1 aliphatic rings. The molecule has 0 spiro atoms. The van der Waals surface area contributed by atoms with Gasteiger partial charge in [0, 0.05) is 17.6 Å². The molecule has 0 unspecified atom stereocenters. The van der Waals surface area contributed by atoms with Gasteiger partial charge >= 0.3 is 0 Å². The summed E-state index contributed by atoms with van der Waals surface area (Å²) < 4.78 is 0. The molecule has 3 nitrogen and oxygen atoms in total. The molecule has 0 aliphatic heterocycles. The number of carbonyl (C=O) groups excluding carboxylic acids is 1. The number of hydrogen-bond donors (Lipinski definition) is 2. The molecule has 0 saturated heterocycles. The first-order chi connectivity index (χ1) is 8.08. The summed E-state index contributed by atoms with van der Waals surface area (Å²) >= 11 is 0. The highest BCUT2D eigenvalue weighted by molar-refractivity contribution is 5.94. The van der Waals surface area contributed by atoms with Gasteiger partial charge in [-0.15, -0.1) is 0 Å². The number of amides is 1. The Kier molecular flexibility index (Phi) is 3.48. The number of rotatable bonds is 3. The van der Waals surface area contributed by atoms with Gasteiger partial charge in [0.15, 0.2) is 0 Å². The third-order valence-corrected chi connectivity index (χ3v) is 3.39. The Morgan fingerprint density at radius 1 is 1.35 bits per heavy atom. The summed E-state index contributed by atoms with van der Waals surface area (Å²) in [5, 5.41) is 3.02. The maximum absolute atomic E-state index is 11.9. The first-order valence-electron chi connectivity index (χ1n) is 6.23. The zero-order valence-electron chi connectivity index (χ0n) is 10.4. The summed E-state index contributed by atoms with van der Waals surface area (Å²) in [6.07, 6.45) is 1.63. The number of hydrogen-bond acceptors (Lipinski definition) is 2. The second-order valence-electron chi connectivity index (χ2n) is 5.16. The minimum atomic E-state index is 0.102. The minimum Gasteiger partial charge on any atom is -0.328 e. The first-order valence-corrected chi connectivity index (χ1v) is 6.23. The molecule has 1 aromatic carbocycles. The molecule has 0 atom stereocenters. The van der Waals surface area contributed by atoms with Crippen LogP contribution in [0.1, 0.15) is 38.2 Å². The van der Waals surface area contributed by atoms with Gasteiger partial charge in [-0.05, 0) is 30.4 Å². The van der Waals surface area contributed by atoms with Crippen LogP contribution in [0.2, 0.25) is 0 Å². The van der Waals surface area contributed by atoms with Crippen molar-refractivity contribution >= 4 is 11.6 Å². The molecule has 1 aromatic rings. The van der Waals surface area contributed by atoms with Crippen LogP contribution in [-0.2, 0) is 4.79 Å². The van der Waals surface area contributed by atoms with E-state index in [9.17, 15) is 4.79 Å². The molecule has 1 amide bonds. The second-order valence-corrected chi connectivity index (χ2v) is 5.16. The standard InChI is InChI=1S/C14H20N2O/c1-9(2)12-5-3-4-6-13(12)16-14(17)10-7-11(15)8-10/h3-6,9-11H,7-8,15H2,1-2H3,(H,16,17). The van der Waals surface area contributed by atoms with Crippen molar-refractivity contribution in [2.75, 3.05) is 5.32 Å². The molecule has 2 rings (SSSR count). The minimum absolute atomic E-state index is 0.102. The molecule has 0 heterocycles. The van der Waals surface area contributed by atoms with Gasteiger partial charge in [-0.2, -0.15) is 0 Å². The van der Waals surface area contributed by atoms with Crippen LogP contribution >= 0.6 is 0 Å². The highest BCUT2D eigenvalue weighted by atomic mass is 16.1. The van der Waals surface area contributed by atoms with Crippen molar-refractivity contribution in [2.45, 2.75) is 38.6 Å². The Labute approximate surface area is 102 Å². The third-order valence-electron chi connectivity index (χ3n) is 3.39. The van der Waals surface area contributed by atoms with E-state index in [2.05, 4.69) is 25.2 Å². The fraction of sp³-hybridized carbons (Fsp3) is 0.500. The monoisotopic (exact) mass is 232 g/mol. The van der Waals surface area contributed by atoms with Crippen molar-refractivity contribution in [1.29, 1.82) is 0 Å². The summed E-state index contributed by atoms with van der Waals surface area (Å²) in [5.41, 5.74) is 7.82. The number of para-hydroxylation sites is 1. The van der Waals surface area contributed by atoms with E-state index in [1.54, 1.807) is 0 Å². The third kappa shape index (κ3) is 2.67. The fourth-order valence-corrected chi connectivity index (χ4v) is 2.23. The van der Waals surface area contributed by atoms with Crippen LogP contribution in [0.3, 0.4) is 0 Å². The maximum Gasteiger partial charge on any atom is 0.227 e. The van der Waals surface area contributed by atoms with E-state index in [1.165, 1.54) is 5.56 Å². The predicted molar refractivity (Wildman–Crippen MR) is 69.9 cm³/mol. The van der Waals surface area contributed by atoms with Crippen LogP contribution in [0.15, 0.2) is 24.3 Å². The summed E-state index contributed by atoms with van der Waals surface area (Å²) in [5.74, 6) is 0.625. The van der Waals surface area contributed by atoms with Gasteiger partial charge in [-0.3, -0.25) is 4.79 Å². The van der Waals surface area contributed by atoms with E-state index in [1.807, 2.05) is 18.2 Å². The molecule has 92 valence electrons. The molecule has 1 aliphatic carbocycles. The van der Waals surface area contributed by atoms with Gasteiger partial charge in [-0.25, -0.2) is 0 Å². The van der Waals surface area contributed by atoms with Gasteiger partial charge < -0.3 is 11.1 Å². The molecule has 3 heteroatoms. The molecule has 1 saturated carbocycles. The van der Waals surface area contributed by atoms with E-state index in [4.69, 9.17) is 5.73 Å². The van der Waals surface area contributed by atoms with Crippen molar-refractivity contribution in [2.24, 2.45) is 11.7 Å². The van der Waals surface area contributed by atoms with E-state index < -0.39 is 0 Å².